The third kappa shape index (κ3) is 3.23. The summed E-state index contributed by atoms with van der Waals surface area (Å²) in [4.78, 5) is 12.0. The van der Waals surface area contributed by atoms with Crippen molar-refractivity contribution < 1.29 is 9.18 Å². The molecule has 1 aromatic carbocycles. The molecule has 0 radical (unpaired) electrons. The van der Waals surface area contributed by atoms with Crippen LogP contribution in [-0.4, -0.2) is 10.9 Å². The second-order valence-corrected chi connectivity index (χ2v) is 4.90. The predicted molar refractivity (Wildman–Crippen MR) is 70.3 cm³/mol. The molecule has 0 spiro atoms. The second kappa shape index (κ2) is 4.79. The lowest BCUT2D eigenvalue weighted by atomic mass is 9.92. The summed E-state index contributed by atoms with van der Waals surface area (Å²) in [6.07, 6.45) is 0. The van der Waals surface area contributed by atoms with Crippen molar-refractivity contribution in [3.63, 3.8) is 0 Å². The smallest absolute Gasteiger partial charge is 0.236 e. The number of thiocarbonyl (C=S) groups is 1. The molecule has 3 nitrogen and oxygen atoms in total. The topological polar surface area (TPSA) is 55.1 Å². The van der Waals surface area contributed by atoms with Crippen LogP contribution in [0.2, 0.25) is 0 Å². The van der Waals surface area contributed by atoms with Crippen LogP contribution >= 0.6 is 12.2 Å². The van der Waals surface area contributed by atoms with Crippen molar-refractivity contribution in [3.8, 4) is 0 Å². The van der Waals surface area contributed by atoms with E-state index in [-0.39, 0.29) is 10.9 Å². The molecule has 0 atom stereocenters. The zero-order chi connectivity index (χ0) is 13.2. The molecule has 0 unspecified atom stereocenters. The van der Waals surface area contributed by atoms with Gasteiger partial charge in [-0.25, -0.2) is 4.39 Å². The quantitative estimate of drug-likeness (QED) is 0.814. The van der Waals surface area contributed by atoms with Crippen LogP contribution in [-0.2, 0) is 4.79 Å². The van der Waals surface area contributed by atoms with Crippen LogP contribution in [0.4, 0.5) is 10.1 Å². The molecule has 0 aliphatic rings. The minimum Gasteiger partial charge on any atom is -0.392 e. The molecule has 3 N–H and O–H groups in total. The van der Waals surface area contributed by atoms with E-state index in [0.29, 0.717) is 5.69 Å². The van der Waals surface area contributed by atoms with Gasteiger partial charge in [-0.05, 0) is 44.5 Å². The van der Waals surface area contributed by atoms with Gasteiger partial charge in [0.1, 0.15) is 5.82 Å². The van der Waals surface area contributed by atoms with E-state index in [1.807, 2.05) is 0 Å². The first-order valence-corrected chi connectivity index (χ1v) is 5.53. The molecule has 1 rings (SSSR count). The fourth-order valence-corrected chi connectivity index (χ4v) is 1.30. The van der Waals surface area contributed by atoms with Crippen molar-refractivity contribution in [2.45, 2.75) is 20.8 Å². The number of nitrogens with one attached hydrogen (secondary N) is 1. The zero-order valence-electron chi connectivity index (χ0n) is 10.0. The first kappa shape index (κ1) is 13.6. The van der Waals surface area contributed by atoms with Gasteiger partial charge in [0, 0.05) is 5.69 Å². The summed E-state index contributed by atoms with van der Waals surface area (Å²) in [7, 11) is 0. The number of amides is 1. The van der Waals surface area contributed by atoms with Crippen molar-refractivity contribution in [2.24, 2.45) is 11.1 Å². The molecule has 0 aliphatic heterocycles. The summed E-state index contributed by atoms with van der Waals surface area (Å²) < 4.78 is 13.1. The van der Waals surface area contributed by atoms with Gasteiger partial charge in [-0.3, -0.25) is 4.79 Å². The summed E-state index contributed by atoms with van der Waals surface area (Å²) >= 11 is 4.82. The Bertz CT molecular complexity index is 451. The molecule has 92 valence electrons. The maximum atomic E-state index is 13.1. The monoisotopic (exact) mass is 254 g/mol. The lowest BCUT2D eigenvalue weighted by Crippen LogP contribution is -2.41. The van der Waals surface area contributed by atoms with E-state index in [1.165, 1.54) is 12.1 Å². The molecule has 0 heterocycles. The Morgan fingerprint density at radius 1 is 1.41 bits per heavy atom. The van der Waals surface area contributed by atoms with Crippen LogP contribution in [0.25, 0.3) is 0 Å². The molecule has 17 heavy (non-hydrogen) atoms. The number of benzene rings is 1. The lowest BCUT2D eigenvalue weighted by molar-refractivity contribution is -0.121. The molecular weight excluding hydrogens is 239 g/mol. The lowest BCUT2D eigenvalue weighted by Gasteiger charge is -2.22. The van der Waals surface area contributed by atoms with Gasteiger partial charge >= 0.3 is 0 Å². The zero-order valence-corrected chi connectivity index (χ0v) is 10.8. The molecule has 0 fully saturated rings. The van der Waals surface area contributed by atoms with Crippen molar-refractivity contribution >= 4 is 28.8 Å². The Morgan fingerprint density at radius 2 is 2.00 bits per heavy atom. The summed E-state index contributed by atoms with van der Waals surface area (Å²) in [5, 5.41) is 2.60. The van der Waals surface area contributed by atoms with Gasteiger partial charge in [0.25, 0.3) is 0 Å². The standard InChI is InChI=1S/C12H15FN2OS/c1-7-4-8(13)6-9(5-7)15-11(16)12(2,3)10(14)17/h4-6H,1-3H3,(H2,14,17)(H,15,16). The summed E-state index contributed by atoms with van der Waals surface area (Å²) in [5.74, 6) is -0.747. The van der Waals surface area contributed by atoms with Crippen LogP contribution in [0.5, 0.6) is 0 Å². The van der Waals surface area contributed by atoms with Crippen LogP contribution < -0.4 is 11.1 Å². The molecule has 1 amide bonds. The van der Waals surface area contributed by atoms with Crippen molar-refractivity contribution in [1.29, 1.82) is 0 Å². The highest BCUT2D eigenvalue weighted by molar-refractivity contribution is 7.80. The number of nitrogens with two attached hydrogens (primary N) is 1. The summed E-state index contributed by atoms with van der Waals surface area (Å²) in [6.45, 7) is 4.99. The molecule has 0 bridgehead atoms. The van der Waals surface area contributed by atoms with E-state index in [0.717, 1.165) is 5.56 Å². The van der Waals surface area contributed by atoms with E-state index < -0.39 is 11.2 Å². The first-order chi connectivity index (χ1) is 7.73. The van der Waals surface area contributed by atoms with Crippen LogP contribution in [0.15, 0.2) is 18.2 Å². The largest absolute Gasteiger partial charge is 0.392 e. The number of hydrogen-bond acceptors (Lipinski definition) is 2. The van der Waals surface area contributed by atoms with Crippen molar-refractivity contribution in [1.82, 2.24) is 0 Å². The minimum absolute atomic E-state index is 0.100. The molecule has 1 aromatic rings. The third-order valence-electron chi connectivity index (χ3n) is 2.48. The molecule has 0 aromatic heterocycles. The van der Waals surface area contributed by atoms with E-state index in [2.05, 4.69) is 5.32 Å². The van der Waals surface area contributed by atoms with E-state index in [4.69, 9.17) is 18.0 Å². The number of carbonyl (C=O) groups is 1. The molecule has 0 saturated carbocycles. The molecule has 0 aliphatic carbocycles. The Kier molecular flexibility index (Phi) is 3.83. The Hall–Kier alpha value is -1.49. The summed E-state index contributed by atoms with van der Waals surface area (Å²) in [6, 6.07) is 4.31. The average molecular weight is 254 g/mol. The van der Waals surface area contributed by atoms with Gasteiger partial charge in [-0.15, -0.1) is 0 Å². The van der Waals surface area contributed by atoms with E-state index in [1.54, 1.807) is 26.8 Å². The number of anilines is 1. The Labute approximate surface area is 105 Å². The van der Waals surface area contributed by atoms with Crippen LogP contribution in [0.1, 0.15) is 19.4 Å². The number of halogens is 1. The highest BCUT2D eigenvalue weighted by Gasteiger charge is 2.30. The predicted octanol–water partition coefficient (Wildman–Crippen LogP) is 2.38. The molecule has 5 heteroatoms. The van der Waals surface area contributed by atoms with E-state index in [9.17, 15) is 9.18 Å². The SMILES string of the molecule is Cc1cc(F)cc(NC(=O)C(C)(C)C(N)=S)c1. The van der Waals surface area contributed by atoms with Gasteiger partial charge < -0.3 is 11.1 Å². The van der Waals surface area contributed by atoms with Crippen molar-refractivity contribution in [3.05, 3.63) is 29.6 Å². The Balaban J connectivity index is 2.92. The number of rotatable bonds is 3. The third-order valence-corrected chi connectivity index (χ3v) is 2.99. The van der Waals surface area contributed by atoms with Gasteiger partial charge in [-0.1, -0.05) is 12.2 Å². The van der Waals surface area contributed by atoms with Crippen LogP contribution in [0.3, 0.4) is 0 Å². The highest BCUT2D eigenvalue weighted by Crippen LogP contribution is 2.20. The molecule has 0 saturated heterocycles. The minimum atomic E-state index is -0.963. The maximum absolute atomic E-state index is 13.1. The second-order valence-electron chi connectivity index (χ2n) is 4.46. The van der Waals surface area contributed by atoms with Gasteiger partial charge in [0.2, 0.25) is 5.91 Å². The number of hydrogen-bond donors (Lipinski definition) is 2. The van der Waals surface area contributed by atoms with Crippen molar-refractivity contribution in [2.75, 3.05) is 5.32 Å². The maximum Gasteiger partial charge on any atom is 0.236 e. The normalized spacial score (nSPS) is 11.1. The van der Waals surface area contributed by atoms with Crippen LogP contribution in [0, 0.1) is 18.2 Å². The fourth-order valence-electron chi connectivity index (χ4n) is 1.21. The van der Waals surface area contributed by atoms with Gasteiger partial charge in [0.05, 0.1) is 10.4 Å². The number of aryl methyl sites for hydroxylation is 1. The van der Waals surface area contributed by atoms with Gasteiger partial charge in [-0.2, -0.15) is 0 Å². The number of carbonyl (C=O) groups excluding carboxylic acids is 1. The first-order valence-electron chi connectivity index (χ1n) is 5.12. The fraction of sp³-hybridized carbons (Fsp3) is 0.333. The highest BCUT2D eigenvalue weighted by atomic mass is 32.1. The Morgan fingerprint density at radius 3 is 2.47 bits per heavy atom. The summed E-state index contributed by atoms with van der Waals surface area (Å²) in [5.41, 5.74) is 5.65. The average Bonchev–Trinajstić information content (AvgIpc) is 2.15. The molecular formula is C12H15FN2OS. The van der Waals surface area contributed by atoms with E-state index >= 15 is 0 Å². The van der Waals surface area contributed by atoms with Gasteiger partial charge in [0.15, 0.2) is 0 Å².